The molecule has 102 valence electrons. The summed E-state index contributed by atoms with van der Waals surface area (Å²) >= 11 is 0. The van der Waals surface area contributed by atoms with Gasteiger partial charge in [0, 0.05) is 31.7 Å². The molecule has 1 fully saturated rings. The molecule has 0 unspecified atom stereocenters. The number of hydrogen-bond donors (Lipinski definition) is 0. The Labute approximate surface area is 116 Å². The highest BCUT2D eigenvalue weighted by molar-refractivity contribution is 5.37. The number of nitriles is 1. The molecular weight excluding hydrogens is 234 g/mol. The van der Waals surface area contributed by atoms with Crippen molar-refractivity contribution >= 4 is 0 Å². The van der Waals surface area contributed by atoms with Gasteiger partial charge in [0.1, 0.15) is 0 Å². The fraction of sp³-hybridized carbons (Fsp3) is 0.562. The number of benzene rings is 1. The van der Waals surface area contributed by atoms with Gasteiger partial charge in [-0.05, 0) is 51.1 Å². The predicted octanol–water partition coefficient (Wildman–Crippen LogP) is 2.39. The number of aryl methyl sites for hydroxylation is 1. The highest BCUT2D eigenvalue weighted by Gasteiger charge is 2.30. The van der Waals surface area contributed by atoms with Gasteiger partial charge in [-0.3, -0.25) is 9.80 Å². The summed E-state index contributed by atoms with van der Waals surface area (Å²) in [6.07, 6.45) is 0. The number of hydrogen-bond acceptors (Lipinski definition) is 3. The van der Waals surface area contributed by atoms with E-state index in [4.69, 9.17) is 5.26 Å². The molecular formula is C16H23N3. The minimum Gasteiger partial charge on any atom is -0.299 e. The molecule has 0 N–H and O–H groups in total. The molecule has 0 spiro atoms. The number of likely N-dealkylation sites (N-methyl/N-ethyl adjacent to an activating group) is 1. The Morgan fingerprint density at radius 3 is 2.63 bits per heavy atom. The average Bonchev–Trinajstić information content (AvgIpc) is 2.36. The van der Waals surface area contributed by atoms with Gasteiger partial charge in [-0.15, -0.1) is 0 Å². The molecule has 1 heterocycles. The summed E-state index contributed by atoms with van der Waals surface area (Å²) in [6.45, 7) is 11.0. The molecule has 0 radical (unpaired) electrons. The molecule has 1 aliphatic heterocycles. The summed E-state index contributed by atoms with van der Waals surface area (Å²) in [4.78, 5) is 4.93. The summed E-state index contributed by atoms with van der Waals surface area (Å²) in [5.74, 6) is 0. The summed E-state index contributed by atoms with van der Waals surface area (Å²) < 4.78 is 0. The summed E-state index contributed by atoms with van der Waals surface area (Å²) in [5.41, 5.74) is 3.54. The average molecular weight is 257 g/mol. The Bertz CT molecular complexity index is 499. The van der Waals surface area contributed by atoms with Gasteiger partial charge in [0.05, 0.1) is 11.6 Å². The minimum atomic E-state index is 0.235. The van der Waals surface area contributed by atoms with E-state index in [9.17, 15) is 0 Å². The summed E-state index contributed by atoms with van der Waals surface area (Å²) in [6, 6.07) is 8.20. The zero-order chi connectivity index (χ0) is 14.0. The summed E-state index contributed by atoms with van der Waals surface area (Å²) in [7, 11) is 2.20. The highest BCUT2D eigenvalue weighted by Crippen LogP contribution is 2.21. The fourth-order valence-electron chi connectivity index (χ4n) is 2.66. The van der Waals surface area contributed by atoms with Crippen LogP contribution < -0.4 is 0 Å². The Kier molecular flexibility index (Phi) is 3.93. The third-order valence-electron chi connectivity index (χ3n) is 4.26. The minimum absolute atomic E-state index is 0.235. The van der Waals surface area contributed by atoms with Crippen molar-refractivity contribution in [3.63, 3.8) is 0 Å². The molecule has 0 aliphatic carbocycles. The van der Waals surface area contributed by atoms with E-state index in [0.717, 1.165) is 31.7 Å². The Morgan fingerprint density at radius 1 is 1.32 bits per heavy atom. The van der Waals surface area contributed by atoms with Crippen LogP contribution in [0.25, 0.3) is 0 Å². The van der Waals surface area contributed by atoms with Crippen LogP contribution in [-0.2, 0) is 6.54 Å². The lowest BCUT2D eigenvalue weighted by atomic mass is 9.98. The molecule has 1 saturated heterocycles. The largest absolute Gasteiger partial charge is 0.299 e. The zero-order valence-electron chi connectivity index (χ0n) is 12.4. The topological polar surface area (TPSA) is 30.3 Å². The van der Waals surface area contributed by atoms with Crippen molar-refractivity contribution in [1.82, 2.24) is 9.80 Å². The second kappa shape index (κ2) is 5.32. The Hall–Kier alpha value is -1.37. The lowest BCUT2D eigenvalue weighted by Crippen LogP contribution is -2.57. The van der Waals surface area contributed by atoms with E-state index in [0.29, 0.717) is 0 Å². The van der Waals surface area contributed by atoms with E-state index >= 15 is 0 Å². The number of nitrogens with zero attached hydrogens (tertiary/aromatic N) is 3. The number of rotatable bonds is 2. The van der Waals surface area contributed by atoms with Crippen molar-refractivity contribution in [2.24, 2.45) is 0 Å². The van der Waals surface area contributed by atoms with Crippen LogP contribution in [0, 0.1) is 18.3 Å². The highest BCUT2D eigenvalue weighted by atomic mass is 15.3. The molecule has 0 amide bonds. The van der Waals surface area contributed by atoms with Crippen molar-refractivity contribution in [3.05, 3.63) is 34.9 Å². The molecule has 0 atom stereocenters. The molecule has 3 heteroatoms. The van der Waals surface area contributed by atoms with Crippen LogP contribution in [0.3, 0.4) is 0 Å². The molecule has 0 bridgehead atoms. The van der Waals surface area contributed by atoms with E-state index in [2.05, 4.69) is 49.8 Å². The normalized spacial score (nSPS) is 20.2. The van der Waals surface area contributed by atoms with Gasteiger partial charge in [-0.1, -0.05) is 6.07 Å². The molecule has 2 rings (SSSR count). The molecule has 19 heavy (non-hydrogen) atoms. The van der Waals surface area contributed by atoms with Crippen LogP contribution in [0.15, 0.2) is 18.2 Å². The Balaban J connectivity index is 2.08. The molecule has 0 aromatic heterocycles. The molecule has 1 aromatic carbocycles. The quantitative estimate of drug-likeness (QED) is 0.815. The van der Waals surface area contributed by atoms with E-state index in [1.54, 1.807) is 0 Å². The van der Waals surface area contributed by atoms with Crippen molar-refractivity contribution in [3.8, 4) is 6.07 Å². The lowest BCUT2D eigenvalue weighted by Gasteiger charge is -2.45. The maximum atomic E-state index is 8.91. The van der Waals surface area contributed by atoms with Crippen molar-refractivity contribution in [2.45, 2.75) is 32.9 Å². The molecule has 0 saturated carbocycles. The third kappa shape index (κ3) is 3.15. The smallest absolute Gasteiger partial charge is 0.0991 e. The van der Waals surface area contributed by atoms with E-state index in [-0.39, 0.29) is 5.54 Å². The fourth-order valence-corrected chi connectivity index (χ4v) is 2.66. The number of piperazine rings is 1. The van der Waals surface area contributed by atoms with Gasteiger partial charge < -0.3 is 0 Å². The second-order valence-corrected chi connectivity index (χ2v) is 6.20. The van der Waals surface area contributed by atoms with E-state index < -0.39 is 0 Å². The molecule has 1 aliphatic rings. The third-order valence-corrected chi connectivity index (χ3v) is 4.26. The summed E-state index contributed by atoms with van der Waals surface area (Å²) in [5, 5.41) is 8.91. The van der Waals surface area contributed by atoms with Gasteiger partial charge in [0.2, 0.25) is 0 Å². The first-order valence-electron chi connectivity index (χ1n) is 6.85. The van der Waals surface area contributed by atoms with Crippen molar-refractivity contribution in [1.29, 1.82) is 5.26 Å². The van der Waals surface area contributed by atoms with Crippen molar-refractivity contribution < 1.29 is 0 Å². The maximum absolute atomic E-state index is 8.91. The van der Waals surface area contributed by atoms with Crippen LogP contribution in [0.4, 0.5) is 0 Å². The van der Waals surface area contributed by atoms with Crippen LogP contribution in [0.2, 0.25) is 0 Å². The van der Waals surface area contributed by atoms with Gasteiger partial charge in [0.25, 0.3) is 0 Å². The standard InChI is InChI=1S/C16H23N3/c1-13-9-14(10-17)5-6-15(13)11-19-8-7-18(4)16(2,3)12-19/h5-6,9H,7-8,11-12H2,1-4H3. The Morgan fingerprint density at radius 2 is 2.05 bits per heavy atom. The van der Waals surface area contributed by atoms with Gasteiger partial charge >= 0.3 is 0 Å². The predicted molar refractivity (Wildman–Crippen MR) is 77.9 cm³/mol. The lowest BCUT2D eigenvalue weighted by molar-refractivity contribution is 0.0359. The van der Waals surface area contributed by atoms with Gasteiger partial charge in [0.15, 0.2) is 0 Å². The molecule has 3 nitrogen and oxygen atoms in total. The monoisotopic (exact) mass is 257 g/mol. The molecule has 1 aromatic rings. The first-order valence-corrected chi connectivity index (χ1v) is 6.85. The maximum Gasteiger partial charge on any atom is 0.0991 e. The van der Waals surface area contributed by atoms with Gasteiger partial charge in [-0.25, -0.2) is 0 Å². The second-order valence-electron chi connectivity index (χ2n) is 6.20. The zero-order valence-corrected chi connectivity index (χ0v) is 12.4. The van der Waals surface area contributed by atoms with Crippen molar-refractivity contribution in [2.75, 3.05) is 26.7 Å². The SMILES string of the molecule is Cc1cc(C#N)ccc1CN1CCN(C)C(C)(C)C1. The van der Waals surface area contributed by atoms with E-state index in [1.807, 2.05) is 12.1 Å². The first kappa shape index (κ1) is 14.0. The van der Waals surface area contributed by atoms with E-state index in [1.165, 1.54) is 11.1 Å². The van der Waals surface area contributed by atoms with Crippen LogP contribution in [0.5, 0.6) is 0 Å². The van der Waals surface area contributed by atoms with Crippen LogP contribution >= 0.6 is 0 Å². The van der Waals surface area contributed by atoms with Gasteiger partial charge in [-0.2, -0.15) is 5.26 Å². The van der Waals surface area contributed by atoms with Crippen LogP contribution in [0.1, 0.15) is 30.5 Å². The van der Waals surface area contributed by atoms with Crippen LogP contribution in [-0.4, -0.2) is 42.0 Å². The first-order chi connectivity index (χ1) is 8.92.